The number of pyridine rings is 1. The molecule has 0 spiro atoms. The number of methoxy groups -OCH3 is 1. The van der Waals surface area contributed by atoms with Crippen LogP contribution < -0.4 is 14.8 Å². The number of aromatic nitrogens is 1. The van der Waals surface area contributed by atoms with Gasteiger partial charge in [-0.15, -0.1) is 0 Å². The summed E-state index contributed by atoms with van der Waals surface area (Å²) in [6.07, 6.45) is 1.15. The van der Waals surface area contributed by atoms with Gasteiger partial charge in [0.25, 0.3) is 0 Å². The Kier molecular flexibility index (Phi) is 5.77. The van der Waals surface area contributed by atoms with Crippen molar-refractivity contribution in [2.45, 2.75) is 18.8 Å². The van der Waals surface area contributed by atoms with Crippen LogP contribution in [0.1, 0.15) is 16.7 Å². The quantitative estimate of drug-likeness (QED) is 0.823. The van der Waals surface area contributed by atoms with Crippen LogP contribution in [0.3, 0.4) is 0 Å². The Hall–Kier alpha value is -2.08. The number of amides is 1. The lowest BCUT2D eigenvalue weighted by molar-refractivity contribution is 0.198. The minimum absolute atomic E-state index is 0.285. The largest absolute Gasteiger partial charge is 0.497 e. The molecule has 1 aromatic carbocycles. The molecular formula is C16H17BrN2O3. The molecule has 0 saturated carbocycles. The van der Waals surface area contributed by atoms with E-state index in [1.165, 1.54) is 0 Å². The number of halogens is 1. The maximum Gasteiger partial charge on any atom is 0.414 e. The minimum Gasteiger partial charge on any atom is -0.497 e. The minimum atomic E-state index is -0.535. The summed E-state index contributed by atoms with van der Waals surface area (Å²) >= 11 is 3.39. The lowest BCUT2D eigenvalue weighted by atomic mass is 10.2. The number of hydrogen-bond donors (Lipinski definition) is 1. The molecule has 1 N–H and O–H groups in total. The van der Waals surface area contributed by atoms with Crippen LogP contribution in [0.25, 0.3) is 0 Å². The third-order valence-electron chi connectivity index (χ3n) is 3.13. The SMILES string of the molecule is COc1ccc(CNC(=O)Oc2cc(CBr)c(C)cn2)cc1. The zero-order chi connectivity index (χ0) is 15.9. The highest BCUT2D eigenvalue weighted by Crippen LogP contribution is 2.17. The predicted molar refractivity (Wildman–Crippen MR) is 87.5 cm³/mol. The van der Waals surface area contributed by atoms with Crippen LogP contribution in [0.15, 0.2) is 36.5 Å². The van der Waals surface area contributed by atoms with Gasteiger partial charge in [0, 0.05) is 24.1 Å². The van der Waals surface area contributed by atoms with Crippen molar-refractivity contribution >= 4 is 22.0 Å². The molecule has 2 aromatic rings. The molecule has 0 aliphatic rings. The normalized spacial score (nSPS) is 10.1. The molecule has 0 bridgehead atoms. The van der Waals surface area contributed by atoms with E-state index in [9.17, 15) is 4.79 Å². The maximum atomic E-state index is 11.8. The Morgan fingerprint density at radius 2 is 2.05 bits per heavy atom. The number of carbonyl (C=O) groups excluding carboxylic acids is 1. The second kappa shape index (κ2) is 7.79. The fourth-order valence-electron chi connectivity index (χ4n) is 1.79. The number of carbonyl (C=O) groups is 1. The van der Waals surface area contributed by atoms with Crippen molar-refractivity contribution in [1.82, 2.24) is 10.3 Å². The number of hydrogen-bond acceptors (Lipinski definition) is 4. The topological polar surface area (TPSA) is 60.5 Å². The van der Waals surface area contributed by atoms with Gasteiger partial charge in [-0.25, -0.2) is 9.78 Å². The van der Waals surface area contributed by atoms with Gasteiger partial charge in [-0.3, -0.25) is 0 Å². The molecule has 0 radical (unpaired) electrons. The third kappa shape index (κ3) is 4.46. The van der Waals surface area contributed by atoms with Gasteiger partial charge < -0.3 is 14.8 Å². The lowest BCUT2D eigenvalue weighted by Crippen LogP contribution is -2.26. The molecule has 1 heterocycles. The molecule has 1 amide bonds. The van der Waals surface area contributed by atoms with Crippen LogP contribution in [0.5, 0.6) is 11.6 Å². The van der Waals surface area contributed by atoms with E-state index < -0.39 is 6.09 Å². The molecule has 2 rings (SSSR count). The number of alkyl halides is 1. The van der Waals surface area contributed by atoms with Gasteiger partial charge in [0.1, 0.15) is 5.75 Å². The first-order valence-corrected chi connectivity index (χ1v) is 7.84. The number of rotatable bonds is 5. The van der Waals surface area contributed by atoms with Crippen LogP contribution >= 0.6 is 15.9 Å². The van der Waals surface area contributed by atoms with Gasteiger partial charge >= 0.3 is 6.09 Å². The molecule has 6 heteroatoms. The van der Waals surface area contributed by atoms with Gasteiger partial charge in [0.2, 0.25) is 5.88 Å². The van der Waals surface area contributed by atoms with E-state index in [0.29, 0.717) is 11.9 Å². The highest BCUT2D eigenvalue weighted by atomic mass is 79.9. The Morgan fingerprint density at radius 1 is 1.32 bits per heavy atom. The van der Waals surface area contributed by atoms with Crippen molar-refractivity contribution in [2.24, 2.45) is 0 Å². The van der Waals surface area contributed by atoms with Crippen LogP contribution in [0.4, 0.5) is 4.79 Å². The van der Waals surface area contributed by atoms with Crippen LogP contribution in [0.2, 0.25) is 0 Å². The predicted octanol–water partition coefficient (Wildman–Crippen LogP) is 3.58. The third-order valence-corrected chi connectivity index (χ3v) is 3.73. The standard InChI is InChI=1S/C16H17BrN2O3/c1-11-9-18-15(7-13(11)8-17)22-16(20)19-10-12-3-5-14(21-2)6-4-12/h3-7,9H,8,10H2,1-2H3,(H,19,20). The van der Waals surface area contributed by atoms with Gasteiger partial charge in [0.15, 0.2) is 0 Å². The highest BCUT2D eigenvalue weighted by molar-refractivity contribution is 9.08. The average Bonchev–Trinajstić information content (AvgIpc) is 2.55. The summed E-state index contributed by atoms with van der Waals surface area (Å²) in [5.41, 5.74) is 3.03. The molecule has 1 aromatic heterocycles. The molecule has 0 aliphatic heterocycles. The summed E-state index contributed by atoms with van der Waals surface area (Å²) in [6.45, 7) is 2.33. The van der Waals surface area contributed by atoms with Crippen molar-refractivity contribution in [1.29, 1.82) is 0 Å². The van der Waals surface area contributed by atoms with Crippen molar-refractivity contribution in [3.63, 3.8) is 0 Å². The van der Waals surface area contributed by atoms with E-state index in [2.05, 4.69) is 26.2 Å². The number of nitrogens with zero attached hydrogens (tertiary/aromatic N) is 1. The monoisotopic (exact) mass is 364 g/mol. The fraction of sp³-hybridized carbons (Fsp3) is 0.250. The van der Waals surface area contributed by atoms with Crippen molar-refractivity contribution in [3.8, 4) is 11.6 Å². The average molecular weight is 365 g/mol. The molecule has 0 fully saturated rings. The first kappa shape index (κ1) is 16.3. The molecule has 5 nitrogen and oxygen atoms in total. The Labute approximate surface area is 137 Å². The molecular weight excluding hydrogens is 348 g/mol. The molecule has 22 heavy (non-hydrogen) atoms. The summed E-state index contributed by atoms with van der Waals surface area (Å²) in [6, 6.07) is 9.19. The second-order valence-corrected chi connectivity index (χ2v) is 5.23. The van der Waals surface area contributed by atoms with E-state index in [4.69, 9.17) is 9.47 Å². The Balaban J connectivity index is 1.89. The second-order valence-electron chi connectivity index (χ2n) is 4.67. The van der Waals surface area contributed by atoms with E-state index in [-0.39, 0.29) is 5.88 Å². The van der Waals surface area contributed by atoms with Crippen LogP contribution in [0, 0.1) is 6.92 Å². The smallest absolute Gasteiger partial charge is 0.414 e. The van der Waals surface area contributed by atoms with Crippen molar-refractivity contribution in [2.75, 3.05) is 7.11 Å². The van der Waals surface area contributed by atoms with Crippen LogP contribution in [-0.4, -0.2) is 18.2 Å². The maximum absolute atomic E-state index is 11.8. The Bertz CT molecular complexity index is 644. The molecule has 0 aliphatic carbocycles. The molecule has 0 saturated heterocycles. The zero-order valence-electron chi connectivity index (χ0n) is 12.4. The molecule has 0 unspecified atom stereocenters. The van der Waals surface area contributed by atoms with Gasteiger partial charge in [-0.1, -0.05) is 28.1 Å². The summed E-state index contributed by atoms with van der Waals surface area (Å²) in [5.74, 6) is 1.06. The van der Waals surface area contributed by atoms with E-state index in [1.807, 2.05) is 31.2 Å². The van der Waals surface area contributed by atoms with E-state index in [0.717, 1.165) is 22.4 Å². The van der Waals surface area contributed by atoms with Crippen molar-refractivity contribution in [3.05, 3.63) is 53.2 Å². The van der Waals surface area contributed by atoms with E-state index >= 15 is 0 Å². The van der Waals surface area contributed by atoms with Gasteiger partial charge in [-0.2, -0.15) is 0 Å². The summed E-state index contributed by atoms with van der Waals surface area (Å²) < 4.78 is 10.3. The fourth-order valence-corrected chi connectivity index (χ4v) is 2.40. The van der Waals surface area contributed by atoms with Gasteiger partial charge in [0.05, 0.1) is 7.11 Å². The number of nitrogens with one attached hydrogen (secondary N) is 1. The highest BCUT2D eigenvalue weighted by Gasteiger charge is 2.07. The first-order chi connectivity index (χ1) is 10.6. The lowest BCUT2D eigenvalue weighted by Gasteiger charge is -2.08. The molecule has 0 atom stereocenters. The van der Waals surface area contributed by atoms with Crippen molar-refractivity contribution < 1.29 is 14.3 Å². The Morgan fingerprint density at radius 3 is 2.68 bits per heavy atom. The zero-order valence-corrected chi connectivity index (χ0v) is 14.0. The van der Waals surface area contributed by atoms with Gasteiger partial charge in [-0.05, 0) is 35.7 Å². The summed E-state index contributed by atoms with van der Waals surface area (Å²) in [7, 11) is 1.61. The molecule has 116 valence electrons. The number of ether oxygens (including phenoxy) is 2. The number of benzene rings is 1. The van der Waals surface area contributed by atoms with Crippen LogP contribution in [-0.2, 0) is 11.9 Å². The van der Waals surface area contributed by atoms with E-state index in [1.54, 1.807) is 19.4 Å². The number of aryl methyl sites for hydroxylation is 1. The first-order valence-electron chi connectivity index (χ1n) is 6.72. The summed E-state index contributed by atoms with van der Waals surface area (Å²) in [4.78, 5) is 15.9. The summed E-state index contributed by atoms with van der Waals surface area (Å²) in [5, 5.41) is 3.37.